The van der Waals surface area contributed by atoms with Crippen LogP contribution in [0, 0.1) is 0 Å². The standard InChI is InChI=1S/C32H57N5/c1-6-9-14-29(4)32(8-3)28-37(24-13-11-20-35-22-21-34-5)26-25-36(23-12-10-19-33)27-31-17-15-30(7-2)16-18-31/h6-8,14-15,17,34-35H,1-2,9-13,16,18-28,33H2,3-5H3/b29-14-,32-8-. The lowest BCUT2D eigenvalue weighted by atomic mass is 9.98. The molecule has 1 rings (SSSR count). The lowest BCUT2D eigenvalue weighted by Gasteiger charge is -2.30. The fourth-order valence-electron chi connectivity index (χ4n) is 4.59. The maximum absolute atomic E-state index is 5.81. The largest absolute Gasteiger partial charge is 0.330 e. The summed E-state index contributed by atoms with van der Waals surface area (Å²) in [5, 5.41) is 6.74. The number of rotatable bonds is 23. The van der Waals surface area contributed by atoms with Crippen molar-refractivity contribution in [2.24, 2.45) is 5.73 Å². The average Bonchev–Trinajstić information content (AvgIpc) is 2.92. The summed E-state index contributed by atoms with van der Waals surface area (Å²) in [5.41, 5.74) is 11.5. The molecule has 1 aliphatic carbocycles. The first-order valence-corrected chi connectivity index (χ1v) is 14.5. The number of allylic oxidation sites excluding steroid dienone is 7. The number of hydrogen-bond donors (Lipinski definition) is 3. The number of likely N-dealkylation sites (N-methyl/N-ethyl adjacent to an activating group) is 1. The SMILES string of the molecule is C=CC/C=C(C)\C(=C/C)CN(CCCCNCCNC)CCN(CCCCN)CC1=CC=C(C=C)CC1. The molecule has 0 aromatic rings. The monoisotopic (exact) mass is 511 g/mol. The quantitative estimate of drug-likeness (QED) is 0.0998. The Morgan fingerprint density at radius 2 is 1.73 bits per heavy atom. The summed E-state index contributed by atoms with van der Waals surface area (Å²) < 4.78 is 0. The van der Waals surface area contributed by atoms with Crippen LogP contribution in [-0.4, -0.2) is 82.3 Å². The van der Waals surface area contributed by atoms with Gasteiger partial charge in [-0.25, -0.2) is 0 Å². The van der Waals surface area contributed by atoms with E-state index in [0.717, 1.165) is 91.1 Å². The molecule has 0 unspecified atom stereocenters. The third kappa shape index (κ3) is 15.9. The van der Waals surface area contributed by atoms with Crippen molar-refractivity contribution in [1.82, 2.24) is 20.4 Å². The van der Waals surface area contributed by atoms with E-state index in [9.17, 15) is 0 Å². The molecule has 37 heavy (non-hydrogen) atoms. The van der Waals surface area contributed by atoms with Gasteiger partial charge in [-0.05, 0) is 103 Å². The number of hydrogen-bond acceptors (Lipinski definition) is 5. The van der Waals surface area contributed by atoms with Gasteiger partial charge in [0.2, 0.25) is 0 Å². The van der Waals surface area contributed by atoms with E-state index in [4.69, 9.17) is 5.73 Å². The van der Waals surface area contributed by atoms with Crippen molar-refractivity contribution in [1.29, 1.82) is 0 Å². The van der Waals surface area contributed by atoms with Crippen LogP contribution in [0.25, 0.3) is 0 Å². The Morgan fingerprint density at radius 3 is 2.38 bits per heavy atom. The highest BCUT2D eigenvalue weighted by Crippen LogP contribution is 2.20. The molecule has 5 nitrogen and oxygen atoms in total. The lowest BCUT2D eigenvalue weighted by molar-refractivity contribution is 0.216. The van der Waals surface area contributed by atoms with Gasteiger partial charge < -0.3 is 16.4 Å². The number of nitrogens with two attached hydrogens (primary N) is 1. The van der Waals surface area contributed by atoms with Crippen molar-refractivity contribution < 1.29 is 0 Å². The van der Waals surface area contributed by atoms with E-state index in [1.54, 1.807) is 0 Å². The normalized spacial score (nSPS) is 14.8. The van der Waals surface area contributed by atoms with Crippen LogP contribution in [-0.2, 0) is 0 Å². The van der Waals surface area contributed by atoms with Crippen LogP contribution in [0.5, 0.6) is 0 Å². The molecular formula is C32H57N5. The predicted molar refractivity (Wildman–Crippen MR) is 165 cm³/mol. The van der Waals surface area contributed by atoms with Crippen molar-refractivity contribution in [2.75, 3.05) is 72.5 Å². The van der Waals surface area contributed by atoms with Crippen molar-refractivity contribution in [3.63, 3.8) is 0 Å². The average molecular weight is 512 g/mol. The smallest absolute Gasteiger partial charge is 0.0233 e. The van der Waals surface area contributed by atoms with Gasteiger partial charge in [-0.1, -0.05) is 54.2 Å². The Labute approximate surface area is 229 Å². The fraction of sp³-hybridized carbons (Fsp3) is 0.625. The molecule has 0 radical (unpaired) electrons. The Hall–Kier alpha value is -1.76. The Bertz CT molecular complexity index is 746. The molecule has 0 aliphatic heterocycles. The third-order valence-corrected chi connectivity index (χ3v) is 7.09. The fourth-order valence-corrected chi connectivity index (χ4v) is 4.59. The zero-order valence-corrected chi connectivity index (χ0v) is 24.4. The zero-order chi connectivity index (χ0) is 27.1. The molecule has 0 saturated carbocycles. The van der Waals surface area contributed by atoms with E-state index in [-0.39, 0.29) is 0 Å². The van der Waals surface area contributed by atoms with Crippen LogP contribution in [0.2, 0.25) is 0 Å². The maximum Gasteiger partial charge on any atom is 0.0233 e. The summed E-state index contributed by atoms with van der Waals surface area (Å²) in [7, 11) is 2.00. The van der Waals surface area contributed by atoms with Gasteiger partial charge in [0.05, 0.1) is 0 Å². The van der Waals surface area contributed by atoms with E-state index in [1.165, 1.54) is 41.6 Å². The summed E-state index contributed by atoms with van der Waals surface area (Å²) in [5.74, 6) is 0. The third-order valence-electron chi connectivity index (χ3n) is 7.09. The van der Waals surface area contributed by atoms with Crippen molar-refractivity contribution >= 4 is 0 Å². The molecule has 0 atom stereocenters. The molecule has 0 heterocycles. The van der Waals surface area contributed by atoms with Gasteiger partial charge in [0.1, 0.15) is 0 Å². The van der Waals surface area contributed by atoms with Gasteiger partial charge in [0, 0.05) is 39.3 Å². The molecule has 0 fully saturated rings. The van der Waals surface area contributed by atoms with Crippen molar-refractivity contribution in [3.8, 4) is 0 Å². The first kappa shape index (κ1) is 33.3. The molecule has 5 heteroatoms. The lowest BCUT2D eigenvalue weighted by Crippen LogP contribution is -2.38. The summed E-state index contributed by atoms with van der Waals surface area (Å²) >= 11 is 0. The first-order valence-electron chi connectivity index (χ1n) is 14.5. The molecular weight excluding hydrogens is 454 g/mol. The van der Waals surface area contributed by atoms with Crippen LogP contribution in [0.4, 0.5) is 0 Å². The molecule has 1 aliphatic rings. The highest BCUT2D eigenvalue weighted by Gasteiger charge is 2.14. The molecule has 210 valence electrons. The predicted octanol–water partition coefficient (Wildman–Crippen LogP) is 5.22. The molecule has 4 N–H and O–H groups in total. The van der Waals surface area contributed by atoms with Gasteiger partial charge in [-0.2, -0.15) is 0 Å². The van der Waals surface area contributed by atoms with Crippen LogP contribution in [0.15, 0.2) is 71.9 Å². The highest BCUT2D eigenvalue weighted by molar-refractivity contribution is 5.31. The van der Waals surface area contributed by atoms with E-state index in [1.807, 2.05) is 19.2 Å². The molecule has 0 aromatic carbocycles. The number of unbranched alkanes of at least 4 members (excludes halogenated alkanes) is 2. The van der Waals surface area contributed by atoms with Crippen LogP contribution in [0.1, 0.15) is 58.8 Å². The van der Waals surface area contributed by atoms with E-state index in [0.29, 0.717) is 0 Å². The van der Waals surface area contributed by atoms with Gasteiger partial charge in [-0.3, -0.25) is 9.80 Å². The Morgan fingerprint density at radius 1 is 0.973 bits per heavy atom. The Kier molecular flexibility index (Phi) is 20.0. The number of nitrogens with zero attached hydrogens (tertiary/aromatic N) is 2. The topological polar surface area (TPSA) is 56.6 Å². The van der Waals surface area contributed by atoms with E-state index < -0.39 is 0 Å². The molecule has 0 aromatic heterocycles. The second-order valence-corrected chi connectivity index (χ2v) is 10.1. The van der Waals surface area contributed by atoms with Gasteiger partial charge in [0.15, 0.2) is 0 Å². The van der Waals surface area contributed by atoms with Gasteiger partial charge >= 0.3 is 0 Å². The van der Waals surface area contributed by atoms with Crippen LogP contribution in [0.3, 0.4) is 0 Å². The maximum atomic E-state index is 5.81. The van der Waals surface area contributed by atoms with Gasteiger partial charge in [0.25, 0.3) is 0 Å². The summed E-state index contributed by atoms with van der Waals surface area (Å²) in [6.45, 7) is 22.6. The minimum atomic E-state index is 0.775. The summed E-state index contributed by atoms with van der Waals surface area (Å²) in [6, 6.07) is 0. The molecule has 0 saturated heterocycles. The first-order chi connectivity index (χ1) is 18.1. The highest BCUT2D eigenvalue weighted by atomic mass is 15.2. The zero-order valence-electron chi connectivity index (χ0n) is 24.4. The Balaban J connectivity index is 2.80. The van der Waals surface area contributed by atoms with E-state index >= 15 is 0 Å². The molecule has 0 spiro atoms. The summed E-state index contributed by atoms with van der Waals surface area (Å²) in [6.07, 6.45) is 21.0. The number of nitrogens with one attached hydrogen (secondary N) is 2. The van der Waals surface area contributed by atoms with Crippen molar-refractivity contribution in [2.45, 2.75) is 58.8 Å². The second kappa shape index (κ2) is 22.2. The molecule has 0 bridgehead atoms. The second-order valence-electron chi connectivity index (χ2n) is 10.1. The summed E-state index contributed by atoms with van der Waals surface area (Å²) in [4.78, 5) is 5.31. The minimum Gasteiger partial charge on any atom is -0.330 e. The molecule has 0 amide bonds. The van der Waals surface area contributed by atoms with Gasteiger partial charge in [-0.15, -0.1) is 6.58 Å². The van der Waals surface area contributed by atoms with Crippen LogP contribution >= 0.6 is 0 Å². The minimum absolute atomic E-state index is 0.775. The van der Waals surface area contributed by atoms with Crippen molar-refractivity contribution in [3.05, 3.63) is 71.9 Å². The van der Waals surface area contributed by atoms with E-state index in [2.05, 4.69) is 71.7 Å². The van der Waals surface area contributed by atoms with Crippen LogP contribution < -0.4 is 16.4 Å².